The van der Waals surface area contributed by atoms with Crippen molar-refractivity contribution in [3.05, 3.63) is 12.7 Å². The summed E-state index contributed by atoms with van der Waals surface area (Å²) in [5, 5.41) is 2.58. The normalized spacial score (nSPS) is 12.2. The molecule has 0 rings (SSSR count). The summed E-state index contributed by atoms with van der Waals surface area (Å²) in [6.07, 6.45) is 1.20. The molecule has 2 N–H and O–H groups in total. The quantitative estimate of drug-likeness (QED) is 0.475. The molecule has 0 radical (unpaired) electrons. The third-order valence-corrected chi connectivity index (χ3v) is 1.46. The minimum Gasteiger partial charge on any atom is -0.351 e. The van der Waals surface area contributed by atoms with E-state index in [4.69, 9.17) is 4.55 Å². The minimum absolute atomic E-state index is 0.0314. The molecule has 0 bridgehead atoms. The monoisotopic (exact) mass is 161 g/mol. The number of hydrogen-bond donors (Lipinski definition) is 2. The molecule has 0 aliphatic rings. The zero-order valence-electron chi connectivity index (χ0n) is 5.83. The van der Waals surface area contributed by atoms with Crippen molar-refractivity contribution in [2.24, 2.45) is 0 Å². The Hall–Kier alpha value is -0.480. The maximum atomic E-state index is 10.5. The molecule has 10 heavy (non-hydrogen) atoms. The predicted molar refractivity (Wildman–Crippen MR) is 42.9 cm³/mol. The largest absolute Gasteiger partial charge is 0.351 e. The van der Waals surface area contributed by atoms with Crippen LogP contribution in [0, 0.1) is 0 Å². The van der Waals surface area contributed by atoms with Crippen LogP contribution in [-0.2, 0) is 4.79 Å². The fourth-order valence-electron chi connectivity index (χ4n) is 0.354. The molecule has 1 amide bonds. The average molecular weight is 161 g/mol. The van der Waals surface area contributed by atoms with Crippen LogP contribution in [0.5, 0.6) is 0 Å². The number of hydrogen-bond acceptors (Lipinski definition) is 3. The average Bonchev–Trinajstić information content (AvgIpc) is 1.99. The first-order valence-electron chi connectivity index (χ1n) is 2.91. The first kappa shape index (κ1) is 9.52. The van der Waals surface area contributed by atoms with Gasteiger partial charge < -0.3 is 9.87 Å². The van der Waals surface area contributed by atoms with Gasteiger partial charge in [-0.05, 0) is 25.0 Å². The highest BCUT2D eigenvalue weighted by Crippen LogP contribution is 2.01. The first-order valence-corrected chi connectivity index (χ1v) is 3.75. The van der Waals surface area contributed by atoms with Crippen molar-refractivity contribution in [2.45, 2.75) is 12.2 Å². The zero-order valence-corrected chi connectivity index (χ0v) is 6.65. The molecule has 0 saturated heterocycles. The van der Waals surface area contributed by atoms with E-state index in [9.17, 15) is 4.79 Å². The van der Waals surface area contributed by atoms with Gasteiger partial charge in [-0.15, -0.1) is 0 Å². The maximum Gasteiger partial charge on any atom is 0.243 e. The van der Waals surface area contributed by atoms with Gasteiger partial charge in [0.1, 0.15) is 0 Å². The number of carbonyl (C=O) groups is 1. The second-order valence-corrected chi connectivity index (χ2v) is 2.88. The third-order valence-electron chi connectivity index (χ3n) is 0.929. The SMILES string of the molecule is C=CC(=O)NCC(C)SO. The summed E-state index contributed by atoms with van der Waals surface area (Å²) in [6.45, 7) is 5.56. The summed E-state index contributed by atoms with van der Waals surface area (Å²) in [5.41, 5.74) is 0. The smallest absolute Gasteiger partial charge is 0.243 e. The molecule has 1 unspecified atom stereocenters. The van der Waals surface area contributed by atoms with Crippen LogP contribution in [-0.4, -0.2) is 22.3 Å². The van der Waals surface area contributed by atoms with E-state index in [-0.39, 0.29) is 11.2 Å². The van der Waals surface area contributed by atoms with E-state index in [1.165, 1.54) is 6.08 Å². The Morgan fingerprint density at radius 1 is 2.00 bits per heavy atom. The van der Waals surface area contributed by atoms with Crippen molar-refractivity contribution in [1.82, 2.24) is 5.32 Å². The van der Waals surface area contributed by atoms with Crippen molar-refractivity contribution in [1.29, 1.82) is 0 Å². The van der Waals surface area contributed by atoms with Crippen LogP contribution in [0.3, 0.4) is 0 Å². The van der Waals surface area contributed by atoms with Crippen LogP contribution < -0.4 is 5.32 Å². The van der Waals surface area contributed by atoms with Gasteiger partial charge in [0.05, 0.1) is 0 Å². The Bertz CT molecular complexity index is 127. The summed E-state index contributed by atoms with van der Waals surface area (Å²) in [5.74, 6) is -0.207. The van der Waals surface area contributed by atoms with E-state index in [1.54, 1.807) is 0 Å². The van der Waals surface area contributed by atoms with Gasteiger partial charge in [-0.3, -0.25) is 4.79 Å². The molecule has 0 aromatic carbocycles. The summed E-state index contributed by atoms with van der Waals surface area (Å²) in [7, 11) is 0. The highest BCUT2D eigenvalue weighted by molar-refractivity contribution is 7.94. The molecule has 0 saturated carbocycles. The van der Waals surface area contributed by atoms with Crippen LogP contribution in [0.4, 0.5) is 0 Å². The van der Waals surface area contributed by atoms with Gasteiger partial charge in [0.25, 0.3) is 0 Å². The Morgan fingerprint density at radius 3 is 3.00 bits per heavy atom. The van der Waals surface area contributed by atoms with E-state index >= 15 is 0 Å². The van der Waals surface area contributed by atoms with E-state index in [0.717, 1.165) is 12.0 Å². The van der Waals surface area contributed by atoms with Crippen molar-refractivity contribution >= 4 is 17.9 Å². The number of nitrogens with one attached hydrogen (secondary N) is 1. The molecule has 0 heterocycles. The Kier molecular flexibility index (Phi) is 5.06. The molecule has 3 nitrogen and oxygen atoms in total. The van der Waals surface area contributed by atoms with Gasteiger partial charge in [0, 0.05) is 11.8 Å². The maximum absolute atomic E-state index is 10.5. The first-order chi connectivity index (χ1) is 4.70. The molecule has 0 aliphatic heterocycles. The molecule has 0 aromatic rings. The third kappa shape index (κ3) is 4.40. The second kappa shape index (κ2) is 5.32. The van der Waals surface area contributed by atoms with Crippen molar-refractivity contribution < 1.29 is 9.35 Å². The molecular weight excluding hydrogens is 150 g/mol. The molecule has 0 spiro atoms. The van der Waals surface area contributed by atoms with Gasteiger partial charge in [-0.25, -0.2) is 0 Å². The van der Waals surface area contributed by atoms with Crippen LogP contribution in [0.2, 0.25) is 0 Å². The van der Waals surface area contributed by atoms with Gasteiger partial charge in [0.15, 0.2) is 0 Å². The van der Waals surface area contributed by atoms with Crippen molar-refractivity contribution in [2.75, 3.05) is 6.54 Å². The Morgan fingerprint density at radius 2 is 2.60 bits per heavy atom. The van der Waals surface area contributed by atoms with Crippen LogP contribution in [0.25, 0.3) is 0 Å². The van der Waals surface area contributed by atoms with Crippen LogP contribution >= 0.6 is 12.0 Å². The zero-order chi connectivity index (χ0) is 7.98. The van der Waals surface area contributed by atoms with Gasteiger partial charge in [-0.2, -0.15) is 0 Å². The minimum atomic E-state index is -0.207. The fourth-order valence-corrected chi connectivity index (χ4v) is 0.512. The van der Waals surface area contributed by atoms with Gasteiger partial charge in [0.2, 0.25) is 5.91 Å². The lowest BCUT2D eigenvalue weighted by molar-refractivity contribution is -0.116. The van der Waals surface area contributed by atoms with E-state index in [0.29, 0.717) is 6.54 Å². The highest BCUT2D eigenvalue weighted by Gasteiger charge is 2.00. The van der Waals surface area contributed by atoms with E-state index in [1.807, 2.05) is 6.92 Å². The molecular formula is C6H11NO2S. The summed E-state index contributed by atoms with van der Waals surface area (Å²) >= 11 is 0.728. The van der Waals surface area contributed by atoms with Gasteiger partial charge >= 0.3 is 0 Å². The number of rotatable bonds is 4. The van der Waals surface area contributed by atoms with E-state index in [2.05, 4.69) is 11.9 Å². The van der Waals surface area contributed by atoms with Crippen molar-refractivity contribution in [3.63, 3.8) is 0 Å². The molecule has 4 heteroatoms. The Balaban J connectivity index is 3.34. The highest BCUT2D eigenvalue weighted by atomic mass is 32.2. The molecule has 0 fully saturated rings. The lowest BCUT2D eigenvalue weighted by Crippen LogP contribution is -2.27. The lowest BCUT2D eigenvalue weighted by Gasteiger charge is -2.05. The summed E-state index contributed by atoms with van der Waals surface area (Å²) in [6, 6.07) is 0. The topological polar surface area (TPSA) is 49.3 Å². The summed E-state index contributed by atoms with van der Waals surface area (Å²) in [4.78, 5) is 10.5. The van der Waals surface area contributed by atoms with Crippen LogP contribution in [0.1, 0.15) is 6.92 Å². The molecule has 0 aromatic heterocycles. The molecule has 58 valence electrons. The van der Waals surface area contributed by atoms with Gasteiger partial charge in [-0.1, -0.05) is 6.58 Å². The molecule has 0 aliphatic carbocycles. The predicted octanol–water partition coefficient (Wildman–Crippen LogP) is 0.883. The number of carbonyl (C=O) groups excluding carboxylic acids is 1. The fraction of sp³-hybridized carbons (Fsp3) is 0.500. The molecule has 1 atom stereocenters. The second-order valence-electron chi connectivity index (χ2n) is 1.87. The summed E-state index contributed by atoms with van der Waals surface area (Å²) < 4.78 is 8.46. The van der Waals surface area contributed by atoms with Crippen LogP contribution in [0.15, 0.2) is 12.7 Å². The lowest BCUT2D eigenvalue weighted by atomic mass is 10.4. The van der Waals surface area contributed by atoms with E-state index < -0.39 is 0 Å². The number of amides is 1. The Labute approximate surface area is 64.7 Å². The van der Waals surface area contributed by atoms with Crippen molar-refractivity contribution in [3.8, 4) is 0 Å². The standard InChI is InChI=1S/C6H11NO2S/c1-3-6(8)7-4-5(2)10-9/h3,5,9H,1,4H2,2H3,(H,7,8).